The van der Waals surface area contributed by atoms with E-state index in [4.69, 9.17) is 27.9 Å². The summed E-state index contributed by atoms with van der Waals surface area (Å²) >= 11 is 15.6. The number of hydrogen-bond donors (Lipinski definition) is 1. The van der Waals surface area contributed by atoms with Gasteiger partial charge < -0.3 is 15.0 Å². The molecule has 0 saturated carbocycles. The van der Waals surface area contributed by atoms with Gasteiger partial charge in [0, 0.05) is 23.1 Å². The van der Waals surface area contributed by atoms with Crippen LogP contribution in [0.15, 0.2) is 40.9 Å². The van der Waals surface area contributed by atoms with Crippen molar-refractivity contribution >= 4 is 68.3 Å². The standard InChI is InChI=1S/C21H19BrCl2N2O4/c1-2-12-8-14(22)6-7-16(12)25-18(27)11-30-21(29)13-9-19(28)26(10-13)17-5-3-4-15(23)20(17)24/h3-8,13H,2,9-11H2,1H3,(H,25,27)/t13-/m0/s1. The molecule has 0 radical (unpaired) electrons. The first kappa shape index (κ1) is 22.6. The van der Waals surface area contributed by atoms with E-state index in [0.717, 1.165) is 16.5 Å². The molecular weight excluding hydrogens is 495 g/mol. The van der Waals surface area contributed by atoms with Crippen LogP contribution in [0.1, 0.15) is 18.9 Å². The lowest BCUT2D eigenvalue weighted by Gasteiger charge is -2.18. The normalized spacial score (nSPS) is 15.9. The van der Waals surface area contributed by atoms with E-state index < -0.39 is 24.4 Å². The minimum absolute atomic E-state index is 0.0179. The van der Waals surface area contributed by atoms with Gasteiger partial charge in [-0.3, -0.25) is 14.4 Å². The molecule has 3 rings (SSSR count). The van der Waals surface area contributed by atoms with Crippen molar-refractivity contribution in [1.82, 2.24) is 0 Å². The molecule has 1 heterocycles. The predicted octanol–water partition coefficient (Wildman–Crippen LogP) is 4.85. The fraction of sp³-hybridized carbons (Fsp3) is 0.286. The van der Waals surface area contributed by atoms with Gasteiger partial charge in [0.05, 0.1) is 21.7 Å². The molecule has 2 aromatic rings. The van der Waals surface area contributed by atoms with Gasteiger partial charge in [-0.25, -0.2) is 0 Å². The van der Waals surface area contributed by atoms with Crippen LogP contribution in [0.3, 0.4) is 0 Å². The van der Waals surface area contributed by atoms with Crippen LogP contribution in [-0.2, 0) is 25.5 Å². The summed E-state index contributed by atoms with van der Waals surface area (Å²) in [4.78, 5) is 38.4. The summed E-state index contributed by atoms with van der Waals surface area (Å²) < 4.78 is 6.06. The van der Waals surface area contributed by atoms with Crippen LogP contribution in [0.2, 0.25) is 10.0 Å². The van der Waals surface area contributed by atoms with Crippen LogP contribution in [0.5, 0.6) is 0 Å². The Morgan fingerprint density at radius 2 is 2.03 bits per heavy atom. The molecule has 6 nitrogen and oxygen atoms in total. The van der Waals surface area contributed by atoms with Crippen molar-refractivity contribution in [2.75, 3.05) is 23.4 Å². The van der Waals surface area contributed by atoms with Gasteiger partial charge in [-0.2, -0.15) is 0 Å². The summed E-state index contributed by atoms with van der Waals surface area (Å²) in [5, 5.41) is 3.32. The number of amides is 2. The molecule has 30 heavy (non-hydrogen) atoms. The molecule has 2 amide bonds. The molecule has 1 N–H and O–H groups in total. The molecule has 9 heteroatoms. The van der Waals surface area contributed by atoms with Gasteiger partial charge in [-0.05, 0) is 42.3 Å². The summed E-state index contributed by atoms with van der Waals surface area (Å²) in [6.07, 6.45) is 0.719. The van der Waals surface area contributed by atoms with E-state index >= 15 is 0 Å². The summed E-state index contributed by atoms with van der Waals surface area (Å²) in [7, 11) is 0. The Hall–Kier alpha value is -2.09. The first-order chi connectivity index (χ1) is 14.3. The van der Waals surface area contributed by atoms with Crippen molar-refractivity contribution in [2.45, 2.75) is 19.8 Å². The molecule has 2 aromatic carbocycles. The minimum Gasteiger partial charge on any atom is -0.455 e. The molecule has 158 valence electrons. The zero-order valence-electron chi connectivity index (χ0n) is 16.1. The van der Waals surface area contributed by atoms with E-state index in [0.29, 0.717) is 16.4 Å². The van der Waals surface area contributed by atoms with Crippen LogP contribution in [0, 0.1) is 5.92 Å². The SMILES string of the molecule is CCc1cc(Br)ccc1NC(=O)COC(=O)[C@H]1CC(=O)N(c2cccc(Cl)c2Cl)C1. The highest BCUT2D eigenvalue weighted by Crippen LogP contribution is 2.35. The van der Waals surface area contributed by atoms with Gasteiger partial charge >= 0.3 is 5.97 Å². The van der Waals surface area contributed by atoms with Gasteiger partial charge in [0.1, 0.15) is 0 Å². The summed E-state index contributed by atoms with van der Waals surface area (Å²) in [5.74, 6) is -1.99. The maximum absolute atomic E-state index is 12.4. The van der Waals surface area contributed by atoms with Gasteiger partial charge in [-0.15, -0.1) is 0 Å². The number of nitrogens with zero attached hydrogens (tertiary/aromatic N) is 1. The Balaban J connectivity index is 1.57. The van der Waals surface area contributed by atoms with E-state index in [9.17, 15) is 14.4 Å². The molecule has 1 aliphatic rings. The van der Waals surface area contributed by atoms with Crippen molar-refractivity contribution in [3.05, 3.63) is 56.5 Å². The van der Waals surface area contributed by atoms with Crippen LogP contribution in [0.25, 0.3) is 0 Å². The Bertz CT molecular complexity index is 999. The van der Waals surface area contributed by atoms with E-state index in [1.54, 1.807) is 24.3 Å². The molecule has 1 fully saturated rings. The second kappa shape index (κ2) is 9.81. The highest BCUT2D eigenvalue weighted by Gasteiger charge is 2.37. The van der Waals surface area contributed by atoms with Gasteiger partial charge in [0.15, 0.2) is 6.61 Å². The number of carbonyl (C=O) groups is 3. The molecule has 0 aromatic heterocycles. The lowest BCUT2D eigenvalue weighted by atomic mass is 10.1. The summed E-state index contributed by atoms with van der Waals surface area (Å²) in [6.45, 7) is 1.67. The van der Waals surface area contributed by atoms with Crippen molar-refractivity contribution in [3.63, 3.8) is 0 Å². The number of hydrogen-bond acceptors (Lipinski definition) is 4. The fourth-order valence-electron chi connectivity index (χ4n) is 3.22. The highest BCUT2D eigenvalue weighted by molar-refractivity contribution is 9.10. The number of anilines is 2. The number of benzene rings is 2. The average Bonchev–Trinajstić information content (AvgIpc) is 3.11. The number of esters is 1. The molecule has 1 aliphatic heterocycles. The molecule has 1 atom stereocenters. The van der Waals surface area contributed by atoms with Crippen LogP contribution < -0.4 is 10.2 Å². The van der Waals surface area contributed by atoms with E-state index in [1.165, 1.54) is 4.90 Å². The Morgan fingerprint density at radius 1 is 1.27 bits per heavy atom. The quantitative estimate of drug-likeness (QED) is 0.560. The molecular formula is C21H19BrCl2N2O4. The van der Waals surface area contributed by atoms with Gasteiger partial charge in [0.25, 0.3) is 5.91 Å². The fourth-order valence-corrected chi connectivity index (χ4v) is 4.02. The lowest BCUT2D eigenvalue weighted by molar-refractivity contribution is -0.151. The number of halogens is 3. The van der Waals surface area contributed by atoms with E-state index in [-0.39, 0.29) is 23.9 Å². The second-order valence-electron chi connectivity index (χ2n) is 6.79. The van der Waals surface area contributed by atoms with Crippen molar-refractivity contribution < 1.29 is 19.1 Å². The van der Waals surface area contributed by atoms with Crippen LogP contribution in [0.4, 0.5) is 11.4 Å². The Kier molecular flexibility index (Phi) is 7.39. The van der Waals surface area contributed by atoms with E-state index in [1.807, 2.05) is 19.1 Å². The van der Waals surface area contributed by atoms with Gasteiger partial charge in [-0.1, -0.05) is 52.1 Å². The van der Waals surface area contributed by atoms with Crippen LogP contribution in [-0.4, -0.2) is 30.9 Å². The Labute approximate surface area is 192 Å². The largest absolute Gasteiger partial charge is 0.455 e. The number of nitrogens with one attached hydrogen (secondary N) is 1. The molecule has 0 bridgehead atoms. The minimum atomic E-state index is -0.681. The first-order valence-corrected chi connectivity index (χ1v) is 10.8. The highest BCUT2D eigenvalue weighted by atomic mass is 79.9. The number of aryl methyl sites for hydroxylation is 1. The molecule has 0 spiro atoms. The molecule has 0 unspecified atom stereocenters. The predicted molar refractivity (Wildman–Crippen MR) is 120 cm³/mol. The maximum Gasteiger partial charge on any atom is 0.311 e. The third-order valence-electron chi connectivity index (χ3n) is 4.75. The van der Waals surface area contributed by atoms with Crippen LogP contribution >= 0.6 is 39.1 Å². The van der Waals surface area contributed by atoms with E-state index in [2.05, 4.69) is 21.2 Å². The number of ether oxygens (including phenoxy) is 1. The smallest absolute Gasteiger partial charge is 0.311 e. The molecule has 1 saturated heterocycles. The van der Waals surface area contributed by atoms with Crippen molar-refractivity contribution in [1.29, 1.82) is 0 Å². The zero-order chi connectivity index (χ0) is 21.8. The second-order valence-corrected chi connectivity index (χ2v) is 8.49. The monoisotopic (exact) mass is 512 g/mol. The topological polar surface area (TPSA) is 75.7 Å². The number of carbonyl (C=O) groups excluding carboxylic acids is 3. The number of rotatable bonds is 6. The average molecular weight is 514 g/mol. The maximum atomic E-state index is 12.4. The molecule has 0 aliphatic carbocycles. The lowest BCUT2D eigenvalue weighted by Crippen LogP contribution is -2.28. The van der Waals surface area contributed by atoms with Gasteiger partial charge in [0.2, 0.25) is 5.91 Å². The van der Waals surface area contributed by atoms with Crippen molar-refractivity contribution in [2.24, 2.45) is 5.92 Å². The summed E-state index contributed by atoms with van der Waals surface area (Å²) in [5.41, 5.74) is 2.07. The third-order valence-corrected chi connectivity index (χ3v) is 6.05. The third kappa shape index (κ3) is 5.14. The zero-order valence-corrected chi connectivity index (χ0v) is 19.2. The Morgan fingerprint density at radius 3 is 2.77 bits per heavy atom. The van der Waals surface area contributed by atoms with Crippen molar-refractivity contribution in [3.8, 4) is 0 Å². The summed E-state index contributed by atoms with van der Waals surface area (Å²) in [6, 6.07) is 10.5. The first-order valence-electron chi connectivity index (χ1n) is 9.29.